The predicted molar refractivity (Wildman–Crippen MR) is 588 cm³/mol. The summed E-state index contributed by atoms with van der Waals surface area (Å²) < 4.78 is 11.2. The van der Waals surface area contributed by atoms with Gasteiger partial charge in [-0.1, -0.05) is 174 Å². The van der Waals surface area contributed by atoms with Gasteiger partial charge >= 0.3 is 46.3 Å². The third-order valence-electron chi connectivity index (χ3n) is 23.0. The van der Waals surface area contributed by atoms with E-state index in [-0.39, 0.29) is 108 Å². The van der Waals surface area contributed by atoms with Crippen LogP contribution in [0.4, 0.5) is 0 Å². The third-order valence-corrected chi connectivity index (χ3v) is 38.2. The van der Waals surface area contributed by atoms with Crippen molar-refractivity contribution in [3.8, 4) is 64.7 Å². The number of allylic oxidation sites excluding steroid dienone is 1. The molecule has 0 amide bonds. The molecular formula is C100H85AlBBr6Li2O6PdS12+. The molecule has 0 saturated heterocycles. The number of thiophene rings is 12. The molecule has 5 aliphatic rings. The van der Waals surface area contributed by atoms with Crippen LogP contribution in [0, 0.1) is 30.6 Å². The maximum absolute atomic E-state index is 12.8. The van der Waals surface area contributed by atoms with Gasteiger partial charge in [0, 0.05) is 260 Å². The normalized spacial score (nSPS) is 15.6. The maximum Gasteiger partial charge on any atom is 1.00 e. The summed E-state index contributed by atoms with van der Waals surface area (Å²) in [6, 6.07) is 61.8. The summed E-state index contributed by atoms with van der Waals surface area (Å²) in [7, 11) is -1.36. The number of benzene rings is 7. The Kier molecular flexibility index (Phi) is 38.4. The van der Waals surface area contributed by atoms with Crippen molar-refractivity contribution in [1.29, 1.82) is 0 Å². The van der Waals surface area contributed by atoms with E-state index in [4.69, 9.17) is 10.0 Å². The van der Waals surface area contributed by atoms with E-state index in [0.29, 0.717) is 22.8 Å². The van der Waals surface area contributed by atoms with Crippen molar-refractivity contribution in [2.75, 3.05) is 0 Å². The van der Waals surface area contributed by atoms with Gasteiger partial charge in [0.15, 0.2) is 34.7 Å². The van der Waals surface area contributed by atoms with Gasteiger partial charge in [-0.3, -0.25) is 14.4 Å². The molecule has 12 heterocycles. The Balaban J connectivity index is 0.000000165. The van der Waals surface area contributed by atoms with E-state index in [0.717, 1.165) is 71.5 Å². The molecule has 6 nitrogen and oxygen atoms in total. The Bertz CT molecular complexity index is 7230. The molecule has 12 aromatic heterocycles. The molecule has 29 heteroatoms. The first-order chi connectivity index (χ1) is 60.8. The molecular weight excluding hydrogens is 2320 g/mol. The zero-order chi connectivity index (χ0) is 87.6. The van der Waals surface area contributed by atoms with Crippen molar-refractivity contribution in [1.82, 2.24) is 0 Å². The minimum absolute atomic E-state index is 0. The second-order valence-corrected chi connectivity index (χ2v) is 44.7. The van der Waals surface area contributed by atoms with Gasteiger partial charge in [-0.05, 0) is 192 Å². The van der Waals surface area contributed by atoms with Crippen LogP contribution in [0.15, 0.2) is 233 Å². The summed E-state index contributed by atoms with van der Waals surface area (Å²) in [6.45, 7) is 16.2. The van der Waals surface area contributed by atoms with E-state index in [1.807, 2.05) is 100 Å². The van der Waals surface area contributed by atoms with Crippen LogP contribution >= 0.6 is 224 Å². The summed E-state index contributed by atoms with van der Waals surface area (Å²) >= 11 is 38.9. The fraction of sp³-hybridized carbons (Fsp3) is 0.180. The van der Waals surface area contributed by atoms with E-state index in [1.54, 1.807) is 62.1 Å². The SMILES string of the molecule is BrBr.BrBr.CC1=Cc2sc(-c3csc4ccccc34)c(-c3csc4ccccc34)c2C1.CC1Cc2c(sc(-c3csc4ccccc34)c2-c2csc3ccccc23)C1=O.CC1Cc2c(sc(-c3csc4ccccc34)c2-c2csc3ccccc23)C1O.CC1Cc2c(sc(Br)c2Br)C1=O.CC1Cc2ccsc2C1=O.OB(O)c1csc2ccccc12.[AlH3].[CH2-]CCC.[H+].[H-].[Li+].[Li+].[Pd]. The van der Waals surface area contributed by atoms with Gasteiger partial charge in [-0.15, -0.1) is 136 Å². The molecule has 0 bridgehead atoms. The number of fused-ring (bicyclic) bond motifs is 12. The minimum Gasteiger partial charge on any atom is -1.00 e. The number of unbranched alkanes of at least 4 members (excludes halogenated alkanes) is 1. The van der Waals surface area contributed by atoms with Crippen LogP contribution in [0.25, 0.3) is 141 Å². The summed E-state index contributed by atoms with van der Waals surface area (Å²) in [6.07, 6.45) is 9.04. The van der Waals surface area contributed by atoms with Crippen molar-refractivity contribution in [2.45, 2.75) is 92.6 Å². The first-order valence-electron chi connectivity index (χ1n) is 40.5. The van der Waals surface area contributed by atoms with Crippen LogP contribution in [-0.2, 0) is 52.5 Å². The maximum atomic E-state index is 12.8. The first kappa shape index (κ1) is 105. The minimum atomic E-state index is -1.36. The van der Waals surface area contributed by atoms with Crippen molar-refractivity contribution in [3.05, 3.63) is 292 Å². The van der Waals surface area contributed by atoms with Crippen molar-refractivity contribution in [3.63, 3.8) is 0 Å². The molecule has 5 unspecified atom stereocenters. The summed E-state index contributed by atoms with van der Waals surface area (Å²) in [5, 5.41) is 55.3. The van der Waals surface area contributed by atoms with E-state index in [9.17, 15) is 19.5 Å². The molecule has 129 heavy (non-hydrogen) atoms. The van der Waals surface area contributed by atoms with E-state index in [1.165, 1.54) is 197 Å². The topological polar surface area (TPSA) is 112 Å². The van der Waals surface area contributed by atoms with Gasteiger partial charge in [0.25, 0.3) is 0 Å². The zero-order valence-electron chi connectivity index (χ0n) is 72.6. The standard InChI is InChI=1S/C24H18OS3.C24H16OS3.C24H16S3.C8H7BO2S.C8H6Br2OS.C8H8OS.C4H9.Al.2Br2.2Li.Pd.4H/c2*1-13-10-16-21(17-11-26-19-8-4-2-6-14(17)19)23(28-24(16)22(13)25)18-12-27-20-9-5-3-7-15(18)20;1-14-10-17-22(11-14)27-24(19-13-26-21-9-5-3-7-16(19)21)23(17)18-12-25-20-8-4-2-6-15(18)20;10-9(11)7-5-12-8-4-2-1-3-6(7)8;1-3-2-4-5(9)8(10)12-7(4)6(3)11;1-5-4-6-2-3-10-8(6)7(5)9;1-3-4-2;;2*1-2;;;;;;;/h2-9,11-13,22,25H,10H2,1H3;2-9,11-13H,10H2,1H3;2-9,11-13H,10H2,1H3;1-5,10-11H;3H,2H2,1H3;2-3,5H,4H2,1H3;1,3-4H2,2H3;;;;;;;;;;/q;;;;;;-1;;;;2*+1;;;;;-1/p+1. The van der Waals surface area contributed by atoms with Crippen LogP contribution in [0.3, 0.4) is 0 Å². The molecule has 5 aliphatic carbocycles. The summed E-state index contributed by atoms with van der Waals surface area (Å²) in [5.41, 5.74) is 20.7. The molecule has 7 aromatic carbocycles. The smallest absolute Gasteiger partial charge is 1.00 e. The number of carbonyl (C=O) groups excluding carboxylic acids is 3. The van der Waals surface area contributed by atoms with E-state index < -0.39 is 7.12 Å². The Morgan fingerprint density at radius 1 is 0.426 bits per heavy atom. The Morgan fingerprint density at radius 3 is 1.19 bits per heavy atom. The summed E-state index contributed by atoms with van der Waals surface area (Å²) in [4.78, 5) is 45.2. The van der Waals surface area contributed by atoms with Crippen LogP contribution < -0.4 is 43.2 Å². The van der Waals surface area contributed by atoms with Crippen molar-refractivity contribution >= 4 is 348 Å². The van der Waals surface area contributed by atoms with Crippen molar-refractivity contribution in [2.24, 2.45) is 23.7 Å². The molecule has 24 rings (SSSR count). The van der Waals surface area contributed by atoms with Crippen molar-refractivity contribution < 1.29 is 90.5 Å². The largest absolute Gasteiger partial charge is 1.00 e. The monoisotopic (exact) mass is 2400 g/mol. The number of hydrogen-bond donors (Lipinski definition) is 3. The number of aliphatic hydroxyl groups excluding tert-OH is 1. The van der Waals surface area contributed by atoms with E-state index in [2.05, 4.69) is 313 Å². The van der Waals surface area contributed by atoms with Gasteiger partial charge in [-0.2, -0.15) is 6.42 Å². The average Bonchev–Trinajstić information content (AvgIpc) is 1.58. The fourth-order valence-corrected chi connectivity index (χ4v) is 31.5. The molecule has 19 aromatic rings. The number of halogens is 6. The van der Waals surface area contributed by atoms with Crippen LogP contribution in [-0.4, -0.2) is 57.0 Å². The van der Waals surface area contributed by atoms with Gasteiger partial charge in [0.05, 0.1) is 24.5 Å². The molecule has 0 radical (unpaired) electrons. The molecule has 0 fully saturated rings. The fourth-order valence-electron chi connectivity index (χ4n) is 16.8. The number of rotatable bonds is 8. The molecule has 3 N–H and O–H groups in total. The third kappa shape index (κ3) is 21.5. The Hall–Kier alpha value is -3.28. The second kappa shape index (κ2) is 47.4. The molecule has 5 atom stereocenters. The molecule has 652 valence electrons. The number of carbonyl (C=O) groups is 3. The molecule has 0 spiro atoms. The number of Topliss-reactive ketones (excluding diaryl/α,β-unsaturated/α-hetero) is 3. The van der Waals surface area contributed by atoms with Gasteiger partial charge < -0.3 is 23.5 Å². The average molecular weight is 2410 g/mol. The van der Waals surface area contributed by atoms with Crippen LogP contribution in [0.2, 0.25) is 0 Å². The first-order valence-corrected chi connectivity index (χ1v) is 59.8. The molecule has 0 aliphatic heterocycles. The van der Waals surface area contributed by atoms with Gasteiger partial charge in [0.2, 0.25) is 0 Å². The Morgan fingerprint density at radius 2 is 0.767 bits per heavy atom. The zero-order valence-corrected chi connectivity index (χ0v) is 91.5. The number of ketones is 3. The van der Waals surface area contributed by atoms with Gasteiger partial charge in [0.1, 0.15) is 0 Å². The summed E-state index contributed by atoms with van der Waals surface area (Å²) in [5.74, 6) is 1.74. The second-order valence-electron chi connectivity index (χ2n) is 31.2. The van der Waals surface area contributed by atoms with E-state index >= 15 is 0 Å². The predicted octanol–water partition coefficient (Wildman–Crippen LogP) is 28.5. The number of hydrogen-bond acceptors (Lipinski definition) is 18. The van der Waals surface area contributed by atoms with Gasteiger partial charge in [-0.25, -0.2) is 0 Å². The Labute approximate surface area is 899 Å². The van der Waals surface area contributed by atoms with Crippen LogP contribution in [0.1, 0.15) is 130 Å². The number of aliphatic hydroxyl groups is 1. The molecule has 0 saturated carbocycles. The van der Waals surface area contributed by atoms with Crippen LogP contribution in [0.5, 0.6) is 0 Å². The quantitative estimate of drug-likeness (QED) is 0.103.